The third kappa shape index (κ3) is 3.43. The lowest BCUT2D eigenvalue weighted by Crippen LogP contribution is -2.34. The third-order valence-corrected chi connectivity index (χ3v) is 6.17. The van der Waals surface area contributed by atoms with Gasteiger partial charge in [0.1, 0.15) is 12.2 Å². The van der Waals surface area contributed by atoms with Crippen molar-refractivity contribution in [2.24, 2.45) is 0 Å². The number of imidazole rings is 1. The molecule has 6 nitrogen and oxygen atoms in total. The van der Waals surface area contributed by atoms with E-state index in [4.69, 9.17) is 25.8 Å². The highest BCUT2D eigenvalue weighted by Crippen LogP contribution is 2.33. The fourth-order valence-corrected chi connectivity index (χ4v) is 4.53. The van der Waals surface area contributed by atoms with Gasteiger partial charge in [-0.05, 0) is 17.2 Å². The SMILES string of the molecule is F[C@H]1CO[C@H]2[C@@H]1OC[C@H]2Oc1nc2nc(-c3ccc(-c4ccccc4)cc3)c(Cl)cc2[nH]1. The number of aromatic nitrogens is 3. The molecule has 2 fully saturated rings. The minimum atomic E-state index is -1.12. The topological polar surface area (TPSA) is 69.3 Å². The Morgan fingerprint density at radius 2 is 1.62 bits per heavy atom. The van der Waals surface area contributed by atoms with Gasteiger partial charge in [0, 0.05) is 5.56 Å². The Bertz CT molecular complexity index is 1260. The predicted molar refractivity (Wildman–Crippen MR) is 119 cm³/mol. The fraction of sp³-hybridized carbons (Fsp3) is 0.250. The maximum atomic E-state index is 13.8. The van der Waals surface area contributed by atoms with Crippen molar-refractivity contribution < 1.29 is 18.6 Å². The molecular formula is C24H19ClFN3O3. The van der Waals surface area contributed by atoms with E-state index in [-0.39, 0.29) is 19.2 Å². The number of ether oxygens (including phenoxy) is 3. The molecule has 0 bridgehead atoms. The Morgan fingerprint density at radius 3 is 2.44 bits per heavy atom. The Labute approximate surface area is 188 Å². The number of rotatable bonds is 4. The maximum absolute atomic E-state index is 13.8. The minimum Gasteiger partial charge on any atom is -0.456 e. The predicted octanol–water partition coefficient (Wildman–Crippen LogP) is 4.83. The summed E-state index contributed by atoms with van der Waals surface area (Å²) in [5.41, 5.74) is 4.93. The average Bonchev–Trinajstić information content (AvgIpc) is 3.51. The molecule has 2 aliphatic rings. The highest BCUT2D eigenvalue weighted by molar-refractivity contribution is 6.33. The van der Waals surface area contributed by atoms with Crippen LogP contribution in [0.25, 0.3) is 33.5 Å². The lowest BCUT2D eigenvalue weighted by atomic mass is 10.0. The van der Waals surface area contributed by atoms with Crippen molar-refractivity contribution in [3.63, 3.8) is 0 Å². The maximum Gasteiger partial charge on any atom is 0.296 e. The van der Waals surface area contributed by atoms with Crippen LogP contribution < -0.4 is 4.74 Å². The first kappa shape index (κ1) is 19.7. The monoisotopic (exact) mass is 451 g/mol. The van der Waals surface area contributed by atoms with Crippen LogP contribution in [0.15, 0.2) is 60.7 Å². The van der Waals surface area contributed by atoms with Crippen LogP contribution in [0.4, 0.5) is 4.39 Å². The molecule has 2 saturated heterocycles. The molecule has 162 valence electrons. The normalized spacial score (nSPS) is 24.7. The van der Waals surface area contributed by atoms with Crippen molar-refractivity contribution >= 4 is 22.8 Å². The molecule has 1 N–H and O–H groups in total. The van der Waals surface area contributed by atoms with Gasteiger partial charge < -0.3 is 19.2 Å². The van der Waals surface area contributed by atoms with E-state index in [1.165, 1.54) is 0 Å². The molecule has 2 aromatic carbocycles. The standard InChI is InChI=1S/C24H19ClFN3O3/c25-16-10-18-23(29-24(27-18)32-19-12-31-21-17(26)11-30-22(19)21)28-20(16)15-8-6-14(7-9-15)13-4-2-1-3-5-13/h1-10,17,19,21-22H,11-12H2,(H,27,28,29)/t17-,19+,21+,22+/m0/s1. The zero-order valence-electron chi connectivity index (χ0n) is 16.9. The smallest absolute Gasteiger partial charge is 0.296 e. The first-order valence-electron chi connectivity index (χ1n) is 10.4. The van der Waals surface area contributed by atoms with Gasteiger partial charge in [-0.1, -0.05) is 66.2 Å². The molecule has 8 heteroatoms. The van der Waals surface area contributed by atoms with Crippen LogP contribution in [-0.4, -0.2) is 52.6 Å². The summed E-state index contributed by atoms with van der Waals surface area (Å²) in [6.45, 7) is 0.277. The number of nitrogens with zero attached hydrogens (tertiary/aromatic N) is 2. The van der Waals surface area contributed by atoms with Gasteiger partial charge in [-0.2, -0.15) is 4.98 Å². The number of alkyl halides is 1. The van der Waals surface area contributed by atoms with Gasteiger partial charge in [-0.15, -0.1) is 0 Å². The number of nitrogens with one attached hydrogen (secondary N) is 1. The second kappa shape index (κ2) is 7.85. The molecule has 0 saturated carbocycles. The quantitative estimate of drug-likeness (QED) is 0.481. The molecule has 32 heavy (non-hydrogen) atoms. The third-order valence-electron chi connectivity index (χ3n) is 5.88. The van der Waals surface area contributed by atoms with Crippen LogP contribution in [-0.2, 0) is 9.47 Å². The largest absolute Gasteiger partial charge is 0.456 e. The van der Waals surface area contributed by atoms with E-state index in [0.29, 0.717) is 21.9 Å². The number of pyridine rings is 1. The molecule has 4 aromatic rings. The lowest BCUT2D eigenvalue weighted by Gasteiger charge is -2.15. The summed E-state index contributed by atoms with van der Waals surface area (Å²) in [4.78, 5) is 12.2. The van der Waals surface area contributed by atoms with Crippen molar-refractivity contribution in [1.29, 1.82) is 0 Å². The Kier molecular flexibility index (Phi) is 4.82. The van der Waals surface area contributed by atoms with E-state index in [1.54, 1.807) is 6.07 Å². The molecule has 2 aromatic heterocycles. The van der Waals surface area contributed by atoms with E-state index in [9.17, 15) is 4.39 Å². The van der Waals surface area contributed by atoms with Crippen molar-refractivity contribution in [2.75, 3.05) is 13.2 Å². The number of H-pyrrole nitrogens is 1. The van der Waals surface area contributed by atoms with Crippen LogP contribution in [0, 0.1) is 0 Å². The minimum absolute atomic E-state index is 0.0267. The summed E-state index contributed by atoms with van der Waals surface area (Å²) >= 11 is 6.53. The number of hydrogen-bond acceptors (Lipinski definition) is 5. The van der Waals surface area contributed by atoms with E-state index in [2.05, 4.69) is 27.1 Å². The molecule has 0 unspecified atom stereocenters. The van der Waals surface area contributed by atoms with Crippen molar-refractivity contribution in [1.82, 2.24) is 15.0 Å². The molecule has 0 spiro atoms. The molecular weight excluding hydrogens is 433 g/mol. The van der Waals surface area contributed by atoms with Gasteiger partial charge >= 0.3 is 0 Å². The van der Waals surface area contributed by atoms with E-state index in [1.807, 2.05) is 42.5 Å². The van der Waals surface area contributed by atoms with Crippen molar-refractivity contribution in [3.8, 4) is 28.4 Å². The van der Waals surface area contributed by atoms with E-state index >= 15 is 0 Å². The van der Waals surface area contributed by atoms with Crippen LogP contribution in [0.3, 0.4) is 0 Å². The summed E-state index contributed by atoms with van der Waals surface area (Å²) in [5.74, 6) is 0. The first-order valence-corrected chi connectivity index (χ1v) is 10.8. The molecule has 0 amide bonds. The second-order valence-electron chi connectivity index (χ2n) is 7.94. The van der Waals surface area contributed by atoms with Gasteiger partial charge in [0.15, 0.2) is 17.9 Å². The van der Waals surface area contributed by atoms with Crippen LogP contribution >= 0.6 is 11.6 Å². The molecule has 4 atom stereocenters. The van der Waals surface area contributed by atoms with Crippen LogP contribution in [0.2, 0.25) is 5.02 Å². The molecule has 2 aliphatic heterocycles. The summed E-state index contributed by atoms with van der Waals surface area (Å²) in [5, 5.41) is 0.504. The second-order valence-corrected chi connectivity index (χ2v) is 8.35. The van der Waals surface area contributed by atoms with Crippen molar-refractivity contribution in [2.45, 2.75) is 24.5 Å². The molecule has 0 aliphatic carbocycles. The zero-order valence-corrected chi connectivity index (χ0v) is 17.6. The molecule has 4 heterocycles. The Morgan fingerprint density at radius 1 is 0.906 bits per heavy atom. The number of hydrogen-bond donors (Lipinski definition) is 1. The number of benzene rings is 2. The van der Waals surface area contributed by atoms with E-state index < -0.39 is 24.5 Å². The summed E-state index contributed by atoms with van der Waals surface area (Å²) in [6.07, 6.45) is -2.57. The van der Waals surface area contributed by atoms with E-state index in [0.717, 1.165) is 16.7 Å². The summed E-state index contributed by atoms with van der Waals surface area (Å²) in [6, 6.07) is 20.3. The highest BCUT2D eigenvalue weighted by atomic mass is 35.5. The van der Waals surface area contributed by atoms with Gasteiger partial charge in [0.2, 0.25) is 0 Å². The molecule has 0 radical (unpaired) electrons. The van der Waals surface area contributed by atoms with Gasteiger partial charge in [0.05, 0.1) is 29.4 Å². The van der Waals surface area contributed by atoms with Crippen molar-refractivity contribution in [3.05, 3.63) is 65.7 Å². The number of aromatic amines is 1. The summed E-state index contributed by atoms with van der Waals surface area (Å²) < 4.78 is 30.6. The van der Waals surface area contributed by atoms with Gasteiger partial charge in [-0.25, -0.2) is 9.37 Å². The summed E-state index contributed by atoms with van der Waals surface area (Å²) in [7, 11) is 0. The van der Waals surface area contributed by atoms with Crippen LogP contribution in [0.1, 0.15) is 0 Å². The zero-order chi connectivity index (χ0) is 21.7. The number of fused-ring (bicyclic) bond motifs is 2. The van der Waals surface area contributed by atoms with Crippen LogP contribution in [0.5, 0.6) is 6.01 Å². The lowest BCUT2D eigenvalue weighted by molar-refractivity contribution is 0.0244. The van der Waals surface area contributed by atoms with Gasteiger partial charge in [0.25, 0.3) is 6.01 Å². The first-order chi connectivity index (χ1) is 15.7. The fourth-order valence-electron chi connectivity index (χ4n) is 4.27. The molecule has 6 rings (SSSR count). The average molecular weight is 452 g/mol. The number of halogens is 2. The Hall–Kier alpha value is -3.00. The van der Waals surface area contributed by atoms with Gasteiger partial charge in [-0.3, -0.25) is 0 Å². The highest BCUT2D eigenvalue weighted by Gasteiger charge is 2.49. The Balaban J connectivity index is 1.26.